The number of nitrogens with zero attached hydrogens (tertiary/aromatic N) is 2. The van der Waals surface area contributed by atoms with Crippen LogP contribution in [0.1, 0.15) is 58.9 Å². The molecule has 0 N–H and O–H groups in total. The Morgan fingerprint density at radius 3 is 2.71 bits per heavy atom. The van der Waals surface area contributed by atoms with E-state index < -0.39 is 0 Å². The normalized spacial score (nSPS) is 19.8. The number of aromatic nitrogens is 1. The fourth-order valence-corrected chi connectivity index (χ4v) is 5.24. The lowest BCUT2D eigenvalue weighted by atomic mass is 10.0. The highest BCUT2D eigenvalue weighted by molar-refractivity contribution is 6.16. The van der Waals surface area contributed by atoms with Gasteiger partial charge >= 0.3 is 0 Å². The van der Waals surface area contributed by atoms with Gasteiger partial charge in [-0.15, -0.1) is 0 Å². The Morgan fingerprint density at radius 2 is 1.96 bits per heavy atom. The Balaban J connectivity index is 1.70. The van der Waals surface area contributed by atoms with Crippen molar-refractivity contribution in [3.63, 3.8) is 0 Å². The van der Waals surface area contributed by atoms with E-state index in [1.807, 2.05) is 18.2 Å². The van der Waals surface area contributed by atoms with Crippen LogP contribution in [0.2, 0.25) is 0 Å². The van der Waals surface area contributed by atoms with Gasteiger partial charge < -0.3 is 9.47 Å². The predicted molar refractivity (Wildman–Crippen MR) is 112 cm³/mol. The monoisotopic (exact) mass is 374 g/mol. The minimum atomic E-state index is 0.0824. The molecule has 0 spiro atoms. The number of hydrogen-bond acceptors (Lipinski definition) is 3. The quantitative estimate of drug-likeness (QED) is 0.626. The molecule has 0 bridgehead atoms. The van der Waals surface area contributed by atoms with Gasteiger partial charge in [-0.05, 0) is 82.1 Å². The highest BCUT2D eigenvalue weighted by Crippen LogP contribution is 2.38. The van der Waals surface area contributed by atoms with Crippen molar-refractivity contribution in [2.75, 3.05) is 13.6 Å². The lowest BCUT2D eigenvalue weighted by Crippen LogP contribution is -2.26. The maximum Gasteiger partial charge on any atom is 0.163 e. The molecule has 1 fully saturated rings. The molecule has 4 heteroatoms. The summed E-state index contributed by atoms with van der Waals surface area (Å²) in [5.41, 5.74) is 5.16. The molecule has 1 aliphatic heterocycles. The van der Waals surface area contributed by atoms with E-state index in [9.17, 15) is 9.59 Å². The van der Waals surface area contributed by atoms with Crippen molar-refractivity contribution in [2.45, 2.75) is 51.6 Å². The summed E-state index contributed by atoms with van der Waals surface area (Å²) < 4.78 is 2.41. The summed E-state index contributed by atoms with van der Waals surface area (Å²) in [6.07, 6.45) is 5.08. The number of benzene rings is 2. The lowest BCUT2D eigenvalue weighted by Gasteiger charge is -2.20. The molecule has 2 aliphatic rings. The number of carbonyl (C=O) groups excluding carboxylic acids is 2. The number of rotatable bonds is 4. The molecule has 2 aromatic carbocycles. The molecule has 0 saturated carbocycles. The minimum Gasteiger partial charge on any atom is -0.340 e. The Kier molecular flexibility index (Phi) is 4.13. The van der Waals surface area contributed by atoms with Crippen LogP contribution < -0.4 is 0 Å². The summed E-state index contributed by atoms with van der Waals surface area (Å²) in [4.78, 5) is 26.8. The van der Waals surface area contributed by atoms with Crippen LogP contribution in [0.5, 0.6) is 0 Å². The van der Waals surface area contributed by atoms with Crippen LogP contribution in [-0.2, 0) is 13.0 Å². The van der Waals surface area contributed by atoms with E-state index in [-0.39, 0.29) is 11.6 Å². The number of hydrogen-bond donors (Lipinski definition) is 0. The average molecular weight is 374 g/mol. The summed E-state index contributed by atoms with van der Waals surface area (Å²) in [7, 11) is 2.22. The fraction of sp³-hybridized carbons (Fsp3) is 0.417. The Hall–Kier alpha value is -2.46. The van der Waals surface area contributed by atoms with Crippen molar-refractivity contribution in [2.24, 2.45) is 0 Å². The highest BCUT2D eigenvalue weighted by Gasteiger charge is 2.26. The zero-order chi connectivity index (χ0) is 19.4. The standard InChI is InChI=1S/C24H26N2O2/c1-15(27)16-5-8-21-20(14-16)24-19-7-10-23(28)18(19)6-9-22(24)26(21)13-11-17-4-3-12-25(17)2/h5-6,8-9,14,17H,3-4,7,10-13H2,1-2H3/t17-/m1/s1. The van der Waals surface area contributed by atoms with Crippen molar-refractivity contribution in [1.82, 2.24) is 9.47 Å². The molecular weight excluding hydrogens is 348 g/mol. The van der Waals surface area contributed by atoms with Crippen LogP contribution in [0.3, 0.4) is 0 Å². The molecule has 4 nitrogen and oxygen atoms in total. The van der Waals surface area contributed by atoms with Gasteiger partial charge in [-0.2, -0.15) is 0 Å². The minimum absolute atomic E-state index is 0.0824. The fourth-order valence-electron chi connectivity index (χ4n) is 5.24. The van der Waals surface area contributed by atoms with E-state index in [0.29, 0.717) is 12.5 Å². The third-order valence-electron chi connectivity index (χ3n) is 6.80. The van der Waals surface area contributed by atoms with Crippen molar-refractivity contribution >= 4 is 33.4 Å². The third-order valence-corrected chi connectivity index (χ3v) is 6.80. The highest BCUT2D eigenvalue weighted by atomic mass is 16.1. The molecule has 1 aromatic heterocycles. The van der Waals surface area contributed by atoms with Gasteiger partial charge in [0, 0.05) is 51.9 Å². The third kappa shape index (κ3) is 2.62. The topological polar surface area (TPSA) is 42.3 Å². The van der Waals surface area contributed by atoms with Gasteiger partial charge in [-0.3, -0.25) is 9.59 Å². The molecule has 1 saturated heterocycles. The number of ketones is 2. The maximum absolute atomic E-state index is 12.3. The van der Waals surface area contributed by atoms with Gasteiger partial charge in [0.25, 0.3) is 0 Å². The zero-order valence-corrected chi connectivity index (χ0v) is 16.6. The van der Waals surface area contributed by atoms with E-state index in [4.69, 9.17) is 0 Å². The summed E-state index contributed by atoms with van der Waals surface area (Å²) in [5, 5.41) is 2.30. The van der Waals surface area contributed by atoms with E-state index >= 15 is 0 Å². The molecule has 0 unspecified atom stereocenters. The first-order chi connectivity index (χ1) is 13.5. The Bertz CT molecular complexity index is 1120. The molecule has 28 heavy (non-hydrogen) atoms. The second kappa shape index (κ2) is 6.56. The molecule has 1 aliphatic carbocycles. The number of carbonyl (C=O) groups is 2. The molecule has 1 atom stereocenters. The second-order valence-corrected chi connectivity index (χ2v) is 8.41. The van der Waals surface area contributed by atoms with Gasteiger partial charge in [0.15, 0.2) is 11.6 Å². The summed E-state index contributed by atoms with van der Waals surface area (Å²) in [5.74, 6) is 0.326. The summed E-state index contributed by atoms with van der Waals surface area (Å²) in [6, 6.07) is 10.8. The van der Waals surface area contributed by atoms with Crippen LogP contribution in [0.15, 0.2) is 30.3 Å². The van der Waals surface area contributed by atoms with Crippen LogP contribution in [0.4, 0.5) is 0 Å². The van der Waals surface area contributed by atoms with Gasteiger partial charge in [0.1, 0.15) is 0 Å². The summed E-state index contributed by atoms with van der Waals surface area (Å²) >= 11 is 0. The van der Waals surface area contributed by atoms with Crippen molar-refractivity contribution in [3.05, 3.63) is 47.0 Å². The van der Waals surface area contributed by atoms with Crippen molar-refractivity contribution in [3.8, 4) is 0 Å². The molecule has 2 heterocycles. The number of aryl methyl sites for hydroxylation is 2. The summed E-state index contributed by atoms with van der Waals surface area (Å²) in [6.45, 7) is 3.76. The SMILES string of the molecule is CC(=O)c1ccc2c(c1)c1c3c(ccc1n2CC[C@H]1CCCN1C)C(=O)CC3. The molecule has 3 aromatic rings. The first kappa shape index (κ1) is 17.6. The maximum atomic E-state index is 12.3. The van der Waals surface area contributed by atoms with Crippen LogP contribution in [-0.4, -0.2) is 40.7 Å². The van der Waals surface area contributed by atoms with Crippen LogP contribution in [0.25, 0.3) is 21.8 Å². The lowest BCUT2D eigenvalue weighted by molar-refractivity contribution is 0.0991. The van der Waals surface area contributed by atoms with E-state index in [2.05, 4.69) is 28.6 Å². The first-order valence-corrected chi connectivity index (χ1v) is 10.4. The van der Waals surface area contributed by atoms with E-state index in [1.54, 1.807) is 6.92 Å². The van der Waals surface area contributed by atoms with Crippen LogP contribution in [0, 0.1) is 0 Å². The largest absolute Gasteiger partial charge is 0.340 e. The number of Topliss-reactive ketones (excluding diaryl/α,β-unsaturated/α-hetero) is 2. The van der Waals surface area contributed by atoms with Crippen molar-refractivity contribution in [1.29, 1.82) is 0 Å². The Morgan fingerprint density at radius 1 is 1.14 bits per heavy atom. The van der Waals surface area contributed by atoms with E-state index in [0.717, 1.165) is 35.9 Å². The molecule has 0 radical (unpaired) electrons. The second-order valence-electron chi connectivity index (χ2n) is 8.41. The Labute approximate surface area is 165 Å². The van der Waals surface area contributed by atoms with Crippen molar-refractivity contribution < 1.29 is 9.59 Å². The van der Waals surface area contributed by atoms with E-state index in [1.165, 1.54) is 41.4 Å². The van der Waals surface area contributed by atoms with Gasteiger partial charge in [0.05, 0.1) is 0 Å². The van der Waals surface area contributed by atoms with Gasteiger partial charge in [0.2, 0.25) is 0 Å². The first-order valence-electron chi connectivity index (χ1n) is 10.4. The molecular formula is C24H26N2O2. The predicted octanol–water partition coefficient (Wildman–Crippen LogP) is 4.61. The smallest absolute Gasteiger partial charge is 0.163 e. The van der Waals surface area contributed by atoms with Gasteiger partial charge in [-0.1, -0.05) is 0 Å². The zero-order valence-electron chi connectivity index (χ0n) is 16.6. The molecule has 0 amide bonds. The molecule has 144 valence electrons. The van der Waals surface area contributed by atoms with Gasteiger partial charge in [-0.25, -0.2) is 0 Å². The van der Waals surface area contributed by atoms with Crippen LogP contribution >= 0.6 is 0 Å². The average Bonchev–Trinajstić information content (AvgIpc) is 3.35. The number of likely N-dealkylation sites (tertiary alicyclic amines) is 1. The number of fused-ring (bicyclic) bond motifs is 5. The molecule has 5 rings (SSSR count).